The maximum Gasteiger partial charge on any atom is 0.216 e. The minimum Gasteiger partial charge on any atom is -0.444 e. The van der Waals surface area contributed by atoms with E-state index in [9.17, 15) is 0 Å². The van der Waals surface area contributed by atoms with Crippen LogP contribution in [-0.2, 0) is 6.54 Å². The smallest absolute Gasteiger partial charge is 0.216 e. The molecule has 0 atom stereocenters. The monoisotopic (exact) mass is 435 g/mol. The lowest BCUT2D eigenvalue weighted by molar-refractivity contribution is 0.232. The number of oxazole rings is 1. The number of hydrogen-bond donors (Lipinski definition) is 2. The van der Waals surface area contributed by atoms with Crippen molar-refractivity contribution in [2.24, 2.45) is 4.99 Å². The second-order valence-electron chi connectivity index (χ2n) is 5.77. The van der Waals surface area contributed by atoms with Gasteiger partial charge in [0.05, 0.1) is 5.69 Å². The van der Waals surface area contributed by atoms with Gasteiger partial charge in [0.25, 0.3) is 0 Å². The molecule has 0 amide bonds. The van der Waals surface area contributed by atoms with Gasteiger partial charge in [0, 0.05) is 19.6 Å². The van der Waals surface area contributed by atoms with E-state index in [0.29, 0.717) is 12.4 Å². The lowest BCUT2D eigenvalue weighted by Gasteiger charge is -2.26. The van der Waals surface area contributed by atoms with Crippen molar-refractivity contribution in [1.29, 1.82) is 0 Å². The Balaban J connectivity index is 0.00000264. The number of aromatic nitrogens is 1. The largest absolute Gasteiger partial charge is 0.444 e. The van der Waals surface area contributed by atoms with Gasteiger partial charge in [-0.05, 0) is 46.7 Å². The fourth-order valence-corrected chi connectivity index (χ4v) is 2.61. The standard InChI is InChI=1S/C16H29N5O.HI/c1-4-17-16(18-8-11-21-9-6-5-7-10-21)19-12-15-20-13(2)14(3)22-15;/h4-12H2,1-3H3,(H2,17,18,19);1H. The minimum atomic E-state index is 0. The van der Waals surface area contributed by atoms with Gasteiger partial charge in [-0.25, -0.2) is 9.98 Å². The number of rotatable bonds is 6. The van der Waals surface area contributed by atoms with Crippen LogP contribution >= 0.6 is 24.0 Å². The van der Waals surface area contributed by atoms with Gasteiger partial charge in [-0.15, -0.1) is 24.0 Å². The number of aliphatic imine (C=N–C) groups is 1. The van der Waals surface area contributed by atoms with Crippen LogP contribution in [0.15, 0.2) is 9.41 Å². The molecule has 0 bridgehead atoms. The summed E-state index contributed by atoms with van der Waals surface area (Å²) in [4.78, 5) is 11.4. The highest BCUT2D eigenvalue weighted by atomic mass is 127. The first kappa shape index (κ1) is 20.2. The Morgan fingerprint density at radius 1 is 1.22 bits per heavy atom. The van der Waals surface area contributed by atoms with Crippen LogP contribution in [0.3, 0.4) is 0 Å². The number of halogens is 1. The molecule has 2 rings (SSSR count). The van der Waals surface area contributed by atoms with Crippen LogP contribution in [0.4, 0.5) is 0 Å². The van der Waals surface area contributed by atoms with E-state index >= 15 is 0 Å². The molecule has 1 aromatic heterocycles. The third kappa shape index (κ3) is 7.07. The van der Waals surface area contributed by atoms with Crippen LogP contribution in [0.25, 0.3) is 0 Å². The first-order chi connectivity index (χ1) is 10.7. The Morgan fingerprint density at radius 2 is 1.96 bits per heavy atom. The van der Waals surface area contributed by atoms with Gasteiger partial charge in [-0.1, -0.05) is 6.42 Å². The zero-order chi connectivity index (χ0) is 15.8. The summed E-state index contributed by atoms with van der Waals surface area (Å²) >= 11 is 0. The van der Waals surface area contributed by atoms with Crippen LogP contribution in [-0.4, -0.2) is 48.6 Å². The lowest BCUT2D eigenvalue weighted by Crippen LogP contribution is -2.42. The second kappa shape index (κ2) is 10.9. The normalized spacial score (nSPS) is 16.0. The van der Waals surface area contributed by atoms with Crippen LogP contribution in [0.1, 0.15) is 43.5 Å². The summed E-state index contributed by atoms with van der Waals surface area (Å²) < 4.78 is 5.56. The molecule has 7 heteroatoms. The molecule has 6 nitrogen and oxygen atoms in total. The highest BCUT2D eigenvalue weighted by Gasteiger charge is 2.09. The van der Waals surface area contributed by atoms with Gasteiger partial charge in [-0.3, -0.25) is 0 Å². The van der Waals surface area contributed by atoms with E-state index in [1.54, 1.807) is 0 Å². The Morgan fingerprint density at radius 3 is 2.57 bits per heavy atom. The highest BCUT2D eigenvalue weighted by molar-refractivity contribution is 14.0. The van der Waals surface area contributed by atoms with Crippen molar-refractivity contribution in [3.63, 3.8) is 0 Å². The summed E-state index contributed by atoms with van der Waals surface area (Å²) in [6.45, 7) is 11.7. The number of piperidine rings is 1. The van der Waals surface area contributed by atoms with Gasteiger partial charge < -0.3 is 20.0 Å². The van der Waals surface area contributed by atoms with Crippen molar-refractivity contribution in [2.45, 2.75) is 46.6 Å². The maximum absolute atomic E-state index is 5.56. The maximum atomic E-state index is 5.56. The topological polar surface area (TPSA) is 65.7 Å². The van der Waals surface area contributed by atoms with Crippen molar-refractivity contribution in [2.75, 3.05) is 32.7 Å². The van der Waals surface area contributed by atoms with Crippen LogP contribution in [0.5, 0.6) is 0 Å². The average molecular weight is 435 g/mol. The molecule has 0 radical (unpaired) electrons. The van der Waals surface area contributed by atoms with E-state index in [4.69, 9.17) is 4.42 Å². The molecule has 0 aromatic carbocycles. The molecule has 1 aromatic rings. The van der Waals surface area contributed by atoms with Crippen LogP contribution in [0, 0.1) is 13.8 Å². The number of hydrogen-bond acceptors (Lipinski definition) is 4. The second-order valence-corrected chi connectivity index (χ2v) is 5.77. The predicted molar refractivity (Wildman–Crippen MR) is 105 cm³/mol. The molecule has 23 heavy (non-hydrogen) atoms. The fourth-order valence-electron chi connectivity index (χ4n) is 2.61. The van der Waals surface area contributed by atoms with Gasteiger partial charge >= 0.3 is 0 Å². The van der Waals surface area contributed by atoms with Crippen molar-refractivity contribution in [1.82, 2.24) is 20.5 Å². The predicted octanol–water partition coefficient (Wildman–Crippen LogP) is 2.45. The molecule has 0 saturated carbocycles. The molecule has 1 saturated heterocycles. The van der Waals surface area contributed by atoms with Gasteiger partial charge in [0.2, 0.25) is 5.89 Å². The zero-order valence-corrected chi connectivity index (χ0v) is 16.9. The molecule has 0 spiro atoms. The van der Waals surface area contributed by atoms with Crippen LogP contribution in [0.2, 0.25) is 0 Å². The Bertz CT molecular complexity index is 463. The summed E-state index contributed by atoms with van der Waals surface area (Å²) in [7, 11) is 0. The van der Waals surface area contributed by atoms with Crippen LogP contribution < -0.4 is 10.6 Å². The Hall–Kier alpha value is -0.830. The molecule has 132 valence electrons. The summed E-state index contributed by atoms with van der Waals surface area (Å²) in [6.07, 6.45) is 4.04. The molecular formula is C16H30IN5O. The fraction of sp³-hybridized carbons (Fsp3) is 0.750. The summed E-state index contributed by atoms with van der Waals surface area (Å²) in [5, 5.41) is 6.65. The third-order valence-corrected chi connectivity index (χ3v) is 3.96. The van der Waals surface area contributed by atoms with E-state index < -0.39 is 0 Å². The Kier molecular flexibility index (Phi) is 9.54. The summed E-state index contributed by atoms with van der Waals surface area (Å²) in [5.41, 5.74) is 0.938. The van der Waals surface area contributed by atoms with Crippen molar-refractivity contribution < 1.29 is 4.42 Å². The van der Waals surface area contributed by atoms with Gasteiger partial charge in [0.1, 0.15) is 12.3 Å². The number of nitrogens with zero attached hydrogens (tertiary/aromatic N) is 3. The first-order valence-corrected chi connectivity index (χ1v) is 8.36. The van der Waals surface area contributed by atoms with Crippen molar-refractivity contribution in [3.05, 3.63) is 17.3 Å². The first-order valence-electron chi connectivity index (χ1n) is 8.36. The summed E-state index contributed by atoms with van der Waals surface area (Å²) in [6, 6.07) is 0. The molecule has 1 fully saturated rings. The minimum absolute atomic E-state index is 0. The quantitative estimate of drug-likeness (QED) is 0.408. The van der Waals surface area contributed by atoms with Crippen molar-refractivity contribution >= 4 is 29.9 Å². The average Bonchev–Trinajstić information content (AvgIpc) is 2.84. The molecule has 0 aliphatic carbocycles. The number of aryl methyl sites for hydroxylation is 2. The van der Waals surface area contributed by atoms with E-state index in [1.165, 1.54) is 32.4 Å². The lowest BCUT2D eigenvalue weighted by atomic mass is 10.1. The SMILES string of the molecule is CCNC(=NCc1nc(C)c(C)o1)NCCN1CCCCC1.I. The summed E-state index contributed by atoms with van der Waals surface area (Å²) in [5.74, 6) is 2.37. The molecular weight excluding hydrogens is 405 g/mol. The number of likely N-dealkylation sites (tertiary alicyclic amines) is 1. The highest BCUT2D eigenvalue weighted by Crippen LogP contribution is 2.09. The van der Waals surface area contributed by atoms with E-state index in [1.807, 2.05) is 13.8 Å². The van der Waals surface area contributed by atoms with Gasteiger partial charge in [0.15, 0.2) is 5.96 Å². The Labute approximate surface area is 156 Å². The molecule has 1 aliphatic heterocycles. The molecule has 1 aliphatic rings. The van der Waals surface area contributed by atoms with E-state index in [0.717, 1.165) is 37.0 Å². The zero-order valence-electron chi connectivity index (χ0n) is 14.5. The van der Waals surface area contributed by atoms with E-state index in [2.05, 4.69) is 32.4 Å². The van der Waals surface area contributed by atoms with E-state index in [-0.39, 0.29) is 24.0 Å². The van der Waals surface area contributed by atoms with Crippen molar-refractivity contribution in [3.8, 4) is 0 Å². The number of nitrogens with one attached hydrogen (secondary N) is 2. The molecule has 0 unspecified atom stereocenters. The van der Waals surface area contributed by atoms with Gasteiger partial charge in [-0.2, -0.15) is 0 Å². The molecule has 2 N–H and O–H groups in total. The number of guanidine groups is 1. The molecule has 2 heterocycles. The third-order valence-electron chi connectivity index (χ3n) is 3.96.